The first-order chi connectivity index (χ1) is 7.24. The minimum Gasteiger partial charge on any atom is -0.311 e. The Balaban J connectivity index is 2.06. The van der Waals surface area contributed by atoms with Gasteiger partial charge in [-0.25, -0.2) is 9.99 Å². The molecule has 2 N–H and O–H groups in total. The number of anilines is 1. The zero-order valence-corrected chi connectivity index (χ0v) is 8.92. The first kappa shape index (κ1) is 10.2. The Kier molecular flexibility index (Phi) is 3.01. The molecule has 0 bridgehead atoms. The number of aromatic nitrogens is 2. The van der Waals surface area contributed by atoms with Gasteiger partial charge in [-0.2, -0.15) is 0 Å². The highest BCUT2D eigenvalue weighted by molar-refractivity contribution is 5.31. The van der Waals surface area contributed by atoms with Gasteiger partial charge in [0.05, 0.1) is 0 Å². The SMILES string of the molecule is Cc1nc(NN2CCCCC2)cc(=O)[nH]1. The topological polar surface area (TPSA) is 61.0 Å². The van der Waals surface area contributed by atoms with Gasteiger partial charge in [0.15, 0.2) is 0 Å². The second-order valence-corrected chi connectivity index (χ2v) is 3.88. The quantitative estimate of drug-likeness (QED) is 0.757. The van der Waals surface area contributed by atoms with Crippen LogP contribution in [0.15, 0.2) is 10.9 Å². The van der Waals surface area contributed by atoms with Crippen LogP contribution >= 0.6 is 0 Å². The summed E-state index contributed by atoms with van der Waals surface area (Å²) in [4.78, 5) is 18.0. The van der Waals surface area contributed by atoms with Gasteiger partial charge in [0.2, 0.25) is 0 Å². The molecule has 0 amide bonds. The number of H-pyrrole nitrogens is 1. The third-order valence-electron chi connectivity index (χ3n) is 2.49. The smallest absolute Gasteiger partial charge is 0.253 e. The highest BCUT2D eigenvalue weighted by atomic mass is 16.1. The van der Waals surface area contributed by atoms with Crippen molar-refractivity contribution in [3.63, 3.8) is 0 Å². The van der Waals surface area contributed by atoms with Gasteiger partial charge in [-0.05, 0) is 19.8 Å². The Hall–Kier alpha value is -1.36. The number of hydrazine groups is 1. The maximum atomic E-state index is 11.2. The standard InChI is InChI=1S/C10H16N4O/c1-8-11-9(7-10(15)12-8)13-14-5-3-2-4-6-14/h7H,2-6H2,1H3,(H2,11,12,13,15). The van der Waals surface area contributed by atoms with E-state index in [4.69, 9.17) is 0 Å². The van der Waals surface area contributed by atoms with E-state index < -0.39 is 0 Å². The summed E-state index contributed by atoms with van der Waals surface area (Å²) < 4.78 is 0. The summed E-state index contributed by atoms with van der Waals surface area (Å²) in [6.45, 7) is 3.82. The van der Waals surface area contributed by atoms with Crippen molar-refractivity contribution in [1.82, 2.24) is 15.0 Å². The van der Waals surface area contributed by atoms with Crippen molar-refractivity contribution in [2.75, 3.05) is 18.5 Å². The van der Waals surface area contributed by atoms with Crippen LogP contribution in [0.3, 0.4) is 0 Å². The molecule has 0 aromatic carbocycles. The third kappa shape index (κ3) is 2.79. The van der Waals surface area contributed by atoms with Crippen LogP contribution in [-0.4, -0.2) is 28.1 Å². The number of rotatable bonds is 2. The fourth-order valence-electron chi connectivity index (χ4n) is 1.80. The Labute approximate surface area is 88.5 Å². The van der Waals surface area contributed by atoms with Gasteiger partial charge in [-0.15, -0.1) is 0 Å². The van der Waals surface area contributed by atoms with E-state index in [1.807, 2.05) is 0 Å². The number of nitrogens with zero attached hydrogens (tertiary/aromatic N) is 2. The van der Waals surface area contributed by atoms with E-state index >= 15 is 0 Å². The van der Waals surface area contributed by atoms with Crippen LogP contribution in [0.25, 0.3) is 0 Å². The molecule has 1 aromatic heterocycles. The lowest BCUT2D eigenvalue weighted by atomic mass is 10.2. The van der Waals surface area contributed by atoms with E-state index in [0.29, 0.717) is 11.6 Å². The van der Waals surface area contributed by atoms with E-state index in [9.17, 15) is 4.79 Å². The van der Waals surface area contributed by atoms with Gasteiger partial charge in [0, 0.05) is 19.2 Å². The highest BCUT2D eigenvalue weighted by Crippen LogP contribution is 2.09. The van der Waals surface area contributed by atoms with Gasteiger partial charge in [0.25, 0.3) is 5.56 Å². The zero-order chi connectivity index (χ0) is 10.7. The van der Waals surface area contributed by atoms with Crippen molar-refractivity contribution < 1.29 is 0 Å². The van der Waals surface area contributed by atoms with Gasteiger partial charge in [-0.1, -0.05) is 6.42 Å². The first-order valence-electron chi connectivity index (χ1n) is 5.33. The molecular weight excluding hydrogens is 192 g/mol. The van der Waals surface area contributed by atoms with Crippen LogP contribution in [-0.2, 0) is 0 Å². The predicted molar refractivity (Wildman–Crippen MR) is 58.6 cm³/mol. The molecule has 0 saturated carbocycles. The zero-order valence-electron chi connectivity index (χ0n) is 8.92. The van der Waals surface area contributed by atoms with Crippen molar-refractivity contribution in [2.45, 2.75) is 26.2 Å². The van der Waals surface area contributed by atoms with Crippen molar-refractivity contribution in [3.05, 3.63) is 22.2 Å². The highest BCUT2D eigenvalue weighted by Gasteiger charge is 2.10. The van der Waals surface area contributed by atoms with Crippen molar-refractivity contribution >= 4 is 5.82 Å². The molecule has 82 valence electrons. The monoisotopic (exact) mass is 208 g/mol. The van der Waals surface area contributed by atoms with E-state index in [0.717, 1.165) is 13.1 Å². The first-order valence-corrected chi connectivity index (χ1v) is 5.33. The molecule has 1 saturated heterocycles. The van der Waals surface area contributed by atoms with Crippen LogP contribution < -0.4 is 11.0 Å². The molecule has 5 nitrogen and oxygen atoms in total. The van der Waals surface area contributed by atoms with Gasteiger partial charge >= 0.3 is 0 Å². The third-order valence-corrected chi connectivity index (χ3v) is 2.49. The van der Waals surface area contributed by atoms with Crippen molar-refractivity contribution in [3.8, 4) is 0 Å². The molecule has 0 spiro atoms. The summed E-state index contributed by atoms with van der Waals surface area (Å²) in [6, 6.07) is 1.49. The molecule has 0 aliphatic carbocycles. The minimum atomic E-state index is -0.109. The minimum absolute atomic E-state index is 0.109. The molecule has 2 heterocycles. The van der Waals surface area contributed by atoms with Gasteiger partial charge < -0.3 is 10.4 Å². The summed E-state index contributed by atoms with van der Waals surface area (Å²) in [6.07, 6.45) is 3.70. The normalized spacial score (nSPS) is 17.7. The van der Waals surface area contributed by atoms with Crippen LogP contribution in [0.1, 0.15) is 25.1 Å². The number of piperidine rings is 1. The number of hydrogen-bond acceptors (Lipinski definition) is 4. The van der Waals surface area contributed by atoms with Crippen molar-refractivity contribution in [1.29, 1.82) is 0 Å². The van der Waals surface area contributed by atoms with Crippen molar-refractivity contribution in [2.24, 2.45) is 0 Å². The molecule has 1 fully saturated rings. The number of hydrogen-bond donors (Lipinski definition) is 2. The molecular formula is C10H16N4O. The molecule has 0 atom stereocenters. The Bertz CT molecular complexity index is 381. The second-order valence-electron chi connectivity index (χ2n) is 3.88. The lowest BCUT2D eigenvalue weighted by molar-refractivity contribution is 0.272. The maximum Gasteiger partial charge on any atom is 0.253 e. The molecule has 15 heavy (non-hydrogen) atoms. The Morgan fingerprint density at radius 1 is 1.40 bits per heavy atom. The summed E-state index contributed by atoms with van der Waals surface area (Å²) in [5.74, 6) is 1.28. The van der Waals surface area contributed by atoms with Gasteiger partial charge in [-0.3, -0.25) is 4.79 Å². The number of nitrogens with one attached hydrogen (secondary N) is 2. The van der Waals surface area contributed by atoms with E-state index in [2.05, 4.69) is 20.4 Å². The van der Waals surface area contributed by atoms with Gasteiger partial charge in [0.1, 0.15) is 11.6 Å². The molecule has 1 aliphatic heterocycles. The van der Waals surface area contributed by atoms with E-state index in [-0.39, 0.29) is 5.56 Å². The van der Waals surface area contributed by atoms with E-state index in [1.165, 1.54) is 25.3 Å². The number of aromatic amines is 1. The van der Waals surface area contributed by atoms with Crippen LogP contribution in [0.2, 0.25) is 0 Å². The fourth-order valence-corrected chi connectivity index (χ4v) is 1.80. The maximum absolute atomic E-state index is 11.2. The Morgan fingerprint density at radius 3 is 2.80 bits per heavy atom. The molecule has 1 aliphatic rings. The molecule has 1 aromatic rings. The average Bonchev–Trinajstić information content (AvgIpc) is 2.17. The second kappa shape index (κ2) is 4.44. The lowest BCUT2D eigenvalue weighted by Gasteiger charge is -2.27. The summed E-state index contributed by atoms with van der Waals surface area (Å²) in [7, 11) is 0. The molecule has 0 radical (unpaired) electrons. The lowest BCUT2D eigenvalue weighted by Crippen LogP contribution is -2.35. The predicted octanol–water partition coefficient (Wildman–Crippen LogP) is 0.891. The average molecular weight is 208 g/mol. The van der Waals surface area contributed by atoms with Crippen LogP contribution in [0.4, 0.5) is 5.82 Å². The van der Waals surface area contributed by atoms with Crippen LogP contribution in [0, 0.1) is 6.92 Å². The van der Waals surface area contributed by atoms with E-state index in [1.54, 1.807) is 6.92 Å². The van der Waals surface area contributed by atoms with Crippen LogP contribution in [0.5, 0.6) is 0 Å². The molecule has 2 rings (SSSR count). The Morgan fingerprint density at radius 2 is 2.13 bits per heavy atom. The summed E-state index contributed by atoms with van der Waals surface area (Å²) in [5.41, 5.74) is 3.06. The summed E-state index contributed by atoms with van der Waals surface area (Å²) in [5, 5.41) is 2.12. The fraction of sp³-hybridized carbons (Fsp3) is 0.600. The summed E-state index contributed by atoms with van der Waals surface area (Å²) >= 11 is 0. The molecule has 5 heteroatoms. The molecule has 0 unspecified atom stereocenters. The largest absolute Gasteiger partial charge is 0.311 e. The number of aryl methyl sites for hydroxylation is 1.